The maximum absolute atomic E-state index is 11.9. The van der Waals surface area contributed by atoms with Crippen molar-refractivity contribution in [3.63, 3.8) is 0 Å². The molecule has 0 aliphatic rings. The fraction of sp³-hybridized carbons (Fsp3) is 0.250. The van der Waals surface area contributed by atoms with Crippen LogP contribution in [0.5, 0.6) is 5.75 Å². The van der Waals surface area contributed by atoms with E-state index in [1.807, 2.05) is 24.3 Å². The summed E-state index contributed by atoms with van der Waals surface area (Å²) < 4.78 is 5.59. The van der Waals surface area contributed by atoms with E-state index >= 15 is 0 Å². The van der Waals surface area contributed by atoms with Crippen LogP contribution in [0.3, 0.4) is 0 Å². The number of benzene rings is 1. The predicted molar refractivity (Wildman–Crippen MR) is 79.0 cm³/mol. The number of anilines is 1. The molecule has 0 radical (unpaired) electrons. The molecule has 1 aromatic heterocycles. The fourth-order valence-electron chi connectivity index (χ4n) is 1.60. The van der Waals surface area contributed by atoms with Crippen molar-refractivity contribution in [2.45, 2.75) is 13.8 Å². The smallest absolute Gasteiger partial charge is 0.255 e. The standard InChI is InChI=1S/C16H18N2O2/c1-12(2)11-20-15-5-3-14(4-6-15)18-16(19)13-7-9-17-10-8-13/h3-10,12H,11H2,1-2H3,(H,18,19). The molecule has 4 heteroatoms. The first-order valence-corrected chi connectivity index (χ1v) is 6.59. The fourth-order valence-corrected chi connectivity index (χ4v) is 1.60. The lowest BCUT2D eigenvalue weighted by molar-refractivity contribution is 0.102. The Balaban J connectivity index is 1.95. The van der Waals surface area contributed by atoms with Gasteiger partial charge in [0.05, 0.1) is 6.61 Å². The Morgan fingerprint density at radius 2 is 1.80 bits per heavy atom. The first-order valence-electron chi connectivity index (χ1n) is 6.59. The average molecular weight is 270 g/mol. The van der Waals surface area contributed by atoms with Gasteiger partial charge in [-0.3, -0.25) is 9.78 Å². The summed E-state index contributed by atoms with van der Waals surface area (Å²) in [5, 5.41) is 2.83. The van der Waals surface area contributed by atoms with Gasteiger partial charge in [0, 0.05) is 23.6 Å². The number of carbonyl (C=O) groups excluding carboxylic acids is 1. The highest BCUT2D eigenvalue weighted by atomic mass is 16.5. The van der Waals surface area contributed by atoms with Gasteiger partial charge in [-0.25, -0.2) is 0 Å². The maximum atomic E-state index is 11.9. The Bertz CT molecular complexity index is 550. The second-order valence-electron chi connectivity index (χ2n) is 4.92. The Kier molecular flexibility index (Phi) is 4.71. The normalized spacial score (nSPS) is 10.3. The monoisotopic (exact) mass is 270 g/mol. The lowest BCUT2D eigenvalue weighted by atomic mass is 10.2. The van der Waals surface area contributed by atoms with Crippen molar-refractivity contribution >= 4 is 11.6 Å². The van der Waals surface area contributed by atoms with Gasteiger partial charge in [-0.2, -0.15) is 0 Å². The quantitative estimate of drug-likeness (QED) is 0.906. The third-order valence-electron chi connectivity index (χ3n) is 2.64. The van der Waals surface area contributed by atoms with Crippen LogP contribution in [0.25, 0.3) is 0 Å². The molecule has 1 amide bonds. The zero-order valence-corrected chi connectivity index (χ0v) is 11.7. The molecule has 0 spiro atoms. The minimum atomic E-state index is -0.150. The van der Waals surface area contributed by atoms with Crippen LogP contribution in [-0.2, 0) is 0 Å². The summed E-state index contributed by atoms with van der Waals surface area (Å²) in [4.78, 5) is 15.8. The highest BCUT2D eigenvalue weighted by Crippen LogP contribution is 2.17. The molecule has 4 nitrogen and oxygen atoms in total. The van der Waals surface area contributed by atoms with Crippen LogP contribution in [0.1, 0.15) is 24.2 Å². The van der Waals surface area contributed by atoms with Crippen LogP contribution in [0.2, 0.25) is 0 Å². The second-order valence-corrected chi connectivity index (χ2v) is 4.92. The number of nitrogens with zero attached hydrogens (tertiary/aromatic N) is 1. The SMILES string of the molecule is CC(C)COc1ccc(NC(=O)c2ccncc2)cc1. The zero-order valence-electron chi connectivity index (χ0n) is 11.7. The predicted octanol–water partition coefficient (Wildman–Crippen LogP) is 3.37. The van der Waals surface area contributed by atoms with Crippen molar-refractivity contribution in [1.29, 1.82) is 0 Å². The molecular weight excluding hydrogens is 252 g/mol. The summed E-state index contributed by atoms with van der Waals surface area (Å²) in [6.45, 7) is 4.88. The molecule has 2 aromatic rings. The molecule has 0 saturated carbocycles. The lowest BCUT2D eigenvalue weighted by Crippen LogP contribution is -2.11. The van der Waals surface area contributed by atoms with Gasteiger partial charge in [-0.15, -0.1) is 0 Å². The van der Waals surface area contributed by atoms with E-state index in [1.165, 1.54) is 0 Å². The largest absolute Gasteiger partial charge is 0.493 e. The number of carbonyl (C=O) groups is 1. The van der Waals surface area contributed by atoms with Crippen LogP contribution in [-0.4, -0.2) is 17.5 Å². The minimum Gasteiger partial charge on any atom is -0.493 e. The van der Waals surface area contributed by atoms with Gasteiger partial charge in [-0.1, -0.05) is 13.8 Å². The van der Waals surface area contributed by atoms with Gasteiger partial charge >= 0.3 is 0 Å². The van der Waals surface area contributed by atoms with E-state index < -0.39 is 0 Å². The van der Waals surface area contributed by atoms with Crippen LogP contribution >= 0.6 is 0 Å². The van der Waals surface area contributed by atoms with E-state index in [1.54, 1.807) is 24.5 Å². The molecule has 20 heavy (non-hydrogen) atoms. The number of pyridine rings is 1. The Morgan fingerprint density at radius 3 is 2.40 bits per heavy atom. The van der Waals surface area contributed by atoms with E-state index in [4.69, 9.17) is 4.74 Å². The Labute approximate surface area is 118 Å². The molecule has 0 saturated heterocycles. The first-order chi connectivity index (χ1) is 9.65. The van der Waals surface area contributed by atoms with Gasteiger partial charge in [0.25, 0.3) is 5.91 Å². The first kappa shape index (κ1) is 14.1. The van der Waals surface area contributed by atoms with E-state index in [-0.39, 0.29) is 5.91 Å². The van der Waals surface area contributed by atoms with E-state index in [0.29, 0.717) is 18.1 Å². The van der Waals surface area contributed by atoms with Crippen molar-refractivity contribution in [3.05, 3.63) is 54.4 Å². The van der Waals surface area contributed by atoms with Gasteiger partial charge in [0.15, 0.2) is 0 Å². The van der Waals surface area contributed by atoms with Crippen molar-refractivity contribution in [3.8, 4) is 5.75 Å². The topological polar surface area (TPSA) is 51.2 Å². The summed E-state index contributed by atoms with van der Waals surface area (Å²) in [5.41, 5.74) is 1.32. The highest BCUT2D eigenvalue weighted by molar-refractivity contribution is 6.04. The molecule has 2 rings (SSSR count). The number of hydrogen-bond donors (Lipinski definition) is 1. The Hall–Kier alpha value is -2.36. The number of aromatic nitrogens is 1. The molecule has 0 atom stereocenters. The van der Waals surface area contributed by atoms with E-state index in [2.05, 4.69) is 24.1 Å². The van der Waals surface area contributed by atoms with Crippen molar-refractivity contribution in [2.75, 3.05) is 11.9 Å². The molecule has 104 valence electrons. The molecule has 0 aliphatic carbocycles. The molecule has 1 heterocycles. The average Bonchev–Trinajstić information content (AvgIpc) is 2.47. The van der Waals surface area contributed by atoms with Gasteiger partial charge in [0.2, 0.25) is 0 Å². The summed E-state index contributed by atoms with van der Waals surface area (Å²) in [7, 11) is 0. The van der Waals surface area contributed by atoms with Crippen molar-refractivity contribution in [1.82, 2.24) is 4.98 Å². The second kappa shape index (κ2) is 6.70. The molecule has 1 aromatic carbocycles. The number of nitrogens with one attached hydrogen (secondary N) is 1. The molecule has 0 fully saturated rings. The summed E-state index contributed by atoms with van der Waals surface area (Å²) in [5.74, 6) is 1.14. The molecule has 0 aliphatic heterocycles. The molecule has 0 unspecified atom stereocenters. The van der Waals surface area contributed by atoms with Crippen LogP contribution in [0.15, 0.2) is 48.8 Å². The van der Waals surface area contributed by atoms with Crippen molar-refractivity contribution < 1.29 is 9.53 Å². The number of rotatable bonds is 5. The molecule has 0 bridgehead atoms. The summed E-state index contributed by atoms with van der Waals surface area (Å²) in [6.07, 6.45) is 3.19. The van der Waals surface area contributed by atoms with E-state index in [9.17, 15) is 4.79 Å². The third kappa shape index (κ3) is 4.09. The zero-order chi connectivity index (χ0) is 14.4. The maximum Gasteiger partial charge on any atom is 0.255 e. The highest BCUT2D eigenvalue weighted by Gasteiger charge is 2.05. The number of ether oxygens (including phenoxy) is 1. The third-order valence-corrected chi connectivity index (χ3v) is 2.64. The van der Waals surface area contributed by atoms with Gasteiger partial charge < -0.3 is 10.1 Å². The lowest BCUT2D eigenvalue weighted by Gasteiger charge is -2.10. The van der Waals surface area contributed by atoms with Crippen LogP contribution < -0.4 is 10.1 Å². The van der Waals surface area contributed by atoms with Crippen LogP contribution in [0.4, 0.5) is 5.69 Å². The Morgan fingerprint density at radius 1 is 1.15 bits per heavy atom. The van der Waals surface area contributed by atoms with Crippen molar-refractivity contribution in [2.24, 2.45) is 5.92 Å². The van der Waals surface area contributed by atoms with Gasteiger partial charge in [0.1, 0.15) is 5.75 Å². The summed E-state index contributed by atoms with van der Waals surface area (Å²) in [6, 6.07) is 10.7. The van der Waals surface area contributed by atoms with E-state index in [0.717, 1.165) is 11.4 Å². The summed E-state index contributed by atoms with van der Waals surface area (Å²) >= 11 is 0. The minimum absolute atomic E-state index is 0.150. The number of amides is 1. The van der Waals surface area contributed by atoms with Crippen LogP contribution in [0, 0.1) is 5.92 Å². The molecular formula is C16H18N2O2. The number of hydrogen-bond acceptors (Lipinski definition) is 3. The molecule has 1 N–H and O–H groups in total. The van der Waals surface area contributed by atoms with Gasteiger partial charge in [-0.05, 0) is 42.3 Å².